The molecule has 0 N–H and O–H groups in total. The van der Waals surface area contributed by atoms with Gasteiger partial charge in [-0.3, -0.25) is 4.79 Å². The molecule has 3 aromatic rings. The molecule has 11 heteroatoms. The Morgan fingerprint density at radius 2 is 1.40 bits per heavy atom. The molecule has 1 spiro atoms. The molecule has 1 fully saturated rings. The maximum absolute atomic E-state index is 13.1. The number of ether oxygens (including phenoxy) is 8. The molecular formula is C52H72N2O9+2. The Labute approximate surface area is 375 Å². The first-order valence-corrected chi connectivity index (χ1v) is 23.4. The van der Waals surface area contributed by atoms with Gasteiger partial charge in [-0.1, -0.05) is 50.0 Å². The van der Waals surface area contributed by atoms with Crippen molar-refractivity contribution in [2.24, 2.45) is 5.92 Å². The van der Waals surface area contributed by atoms with Crippen LogP contribution in [0.4, 0.5) is 0 Å². The molecule has 3 heterocycles. The van der Waals surface area contributed by atoms with Crippen LogP contribution in [-0.4, -0.2) is 123 Å². The number of benzene rings is 3. The van der Waals surface area contributed by atoms with E-state index in [1.54, 1.807) is 42.7 Å². The van der Waals surface area contributed by atoms with E-state index in [-0.39, 0.29) is 29.6 Å². The maximum Gasteiger partial charge on any atom is 0.311 e. The van der Waals surface area contributed by atoms with Crippen molar-refractivity contribution >= 4 is 5.97 Å². The standard InChI is InChI=1S/C52H72N2O9/c1-53(26-22-36-33-46(60-7)47(61-8)34-38(36)40(53)30-35-16-19-42(56-3)45(31-35)59-6)25-14-12-10-9-11-13-15-29-62-48(55)23-27-54(2)28-24-52-39-18-21-44(58-5)51(52)63-50-43(57-4)20-17-37(49(50)52)32-41(39)54/h16-21,31,33-34,39-41,44,51H,9-15,22-30,32H2,1-8H3/q+2/t39?,40-,41-,44+,51+,52+,53?,54?/m1/s1. The Hall–Kier alpha value is -4.45. The van der Waals surface area contributed by atoms with Crippen molar-refractivity contribution in [1.82, 2.24) is 0 Å². The minimum Gasteiger partial charge on any atom is -0.493 e. The largest absolute Gasteiger partial charge is 0.493 e. The van der Waals surface area contributed by atoms with Crippen molar-refractivity contribution in [1.29, 1.82) is 0 Å². The van der Waals surface area contributed by atoms with Gasteiger partial charge in [0.2, 0.25) is 0 Å². The molecule has 0 radical (unpaired) electrons. The number of piperidine rings is 1. The van der Waals surface area contributed by atoms with Crippen LogP contribution in [0.25, 0.3) is 0 Å². The lowest BCUT2D eigenvalue weighted by Gasteiger charge is -2.60. The van der Waals surface area contributed by atoms with Crippen LogP contribution in [0.2, 0.25) is 0 Å². The number of carbonyl (C=O) groups is 1. The number of likely N-dealkylation sites (tertiary alicyclic amines) is 1. The minimum atomic E-state index is -0.128. The third-order valence-corrected chi connectivity index (χ3v) is 15.9. The Morgan fingerprint density at radius 1 is 0.714 bits per heavy atom. The summed E-state index contributed by atoms with van der Waals surface area (Å²) < 4.78 is 48.9. The number of unbranched alkanes of at least 4 members (excludes halogenated alkanes) is 6. The van der Waals surface area contributed by atoms with Crippen molar-refractivity contribution < 1.29 is 51.7 Å². The zero-order valence-electron chi connectivity index (χ0n) is 39.2. The van der Waals surface area contributed by atoms with E-state index in [1.807, 2.05) is 6.07 Å². The Morgan fingerprint density at radius 3 is 2.13 bits per heavy atom. The molecule has 2 bridgehead atoms. The summed E-state index contributed by atoms with van der Waals surface area (Å²) in [5.41, 5.74) is 6.48. The van der Waals surface area contributed by atoms with Gasteiger partial charge >= 0.3 is 5.97 Å². The Balaban J connectivity index is 0.780. The SMILES string of the molecule is COc1ccc(C[C@@H]2c3cc(OC)c(OC)cc3CC[N+]2(C)CCCCCCCCCOC(=O)CC[N+]2(C)CC[C@]34c5c6ccc(OC)c5O[C@H]3[C@@H](OC)C=CC4[C@H]2C6)cc1OC. The van der Waals surface area contributed by atoms with Crippen LogP contribution in [0.5, 0.6) is 34.5 Å². The summed E-state index contributed by atoms with van der Waals surface area (Å²) in [5.74, 6) is 5.04. The maximum atomic E-state index is 13.1. The number of nitrogens with zero attached hydrogens (tertiary/aromatic N) is 2. The van der Waals surface area contributed by atoms with Crippen LogP contribution >= 0.6 is 0 Å². The Bertz CT molecular complexity index is 2140. The van der Waals surface area contributed by atoms with Crippen LogP contribution < -0.4 is 28.4 Å². The van der Waals surface area contributed by atoms with Gasteiger partial charge < -0.3 is 46.9 Å². The lowest BCUT2D eigenvalue weighted by Crippen LogP contribution is -2.71. The quantitative estimate of drug-likeness (QED) is 0.0454. The van der Waals surface area contributed by atoms with Gasteiger partial charge in [0.15, 0.2) is 34.5 Å². The lowest BCUT2D eigenvalue weighted by molar-refractivity contribution is -0.943. The van der Waals surface area contributed by atoms with Gasteiger partial charge in [-0.15, -0.1) is 0 Å². The van der Waals surface area contributed by atoms with Gasteiger partial charge in [0.25, 0.3) is 0 Å². The number of methoxy groups -OCH3 is 6. The molecule has 3 aromatic carbocycles. The second-order valence-corrected chi connectivity index (χ2v) is 19.2. The molecule has 3 aliphatic heterocycles. The van der Waals surface area contributed by atoms with Gasteiger partial charge in [-0.25, -0.2) is 0 Å². The monoisotopic (exact) mass is 869 g/mol. The third-order valence-electron chi connectivity index (χ3n) is 15.9. The molecule has 8 rings (SSSR count). The van der Waals surface area contributed by atoms with E-state index in [1.165, 1.54) is 53.5 Å². The van der Waals surface area contributed by atoms with Gasteiger partial charge in [-0.05, 0) is 66.3 Å². The fourth-order valence-corrected chi connectivity index (χ4v) is 12.3. The predicted molar refractivity (Wildman–Crippen MR) is 244 cm³/mol. The smallest absolute Gasteiger partial charge is 0.311 e. The summed E-state index contributed by atoms with van der Waals surface area (Å²) in [7, 11) is 15.1. The van der Waals surface area contributed by atoms with Crippen molar-refractivity contribution in [3.05, 3.63) is 82.4 Å². The highest BCUT2D eigenvalue weighted by molar-refractivity contribution is 5.69. The summed E-state index contributed by atoms with van der Waals surface area (Å²) in [6.45, 7) is 4.47. The number of quaternary nitrogens is 2. The minimum absolute atomic E-state index is 0.0711. The van der Waals surface area contributed by atoms with Crippen LogP contribution in [0, 0.1) is 5.92 Å². The van der Waals surface area contributed by atoms with E-state index in [0.29, 0.717) is 25.0 Å². The van der Waals surface area contributed by atoms with E-state index < -0.39 is 0 Å². The van der Waals surface area contributed by atoms with Gasteiger partial charge in [0.05, 0.1) is 94.3 Å². The summed E-state index contributed by atoms with van der Waals surface area (Å²) in [5, 5.41) is 0. The molecule has 5 aliphatic rings. The molecule has 0 amide bonds. The number of carbonyl (C=O) groups excluding carboxylic acids is 1. The highest BCUT2D eigenvalue weighted by Gasteiger charge is 2.68. The third kappa shape index (κ3) is 8.38. The first-order chi connectivity index (χ1) is 30.6. The van der Waals surface area contributed by atoms with Gasteiger partial charge in [0, 0.05) is 49.8 Å². The van der Waals surface area contributed by atoms with Crippen molar-refractivity contribution in [3.8, 4) is 34.5 Å². The average molecular weight is 869 g/mol. The molecule has 3 unspecified atom stereocenters. The molecule has 0 saturated carbocycles. The van der Waals surface area contributed by atoms with E-state index >= 15 is 0 Å². The molecule has 11 nitrogen and oxygen atoms in total. The van der Waals surface area contributed by atoms with Crippen molar-refractivity contribution in [2.45, 2.75) is 107 Å². The van der Waals surface area contributed by atoms with E-state index in [0.717, 1.165) is 115 Å². The molecule has 1 saturated heterocycles. The fourth-order valence-electron chi connectivity index (χ4n) is 12.3. The number of fused-ring (bicyclic) bond motifs is 1. The number of hydrogen-bond donors (Lipinski definition) is 0. The molecule has 63 heavy (non-hydrogen) atoms. The summed E-state index contributed by atoms with van der Waals surface area (Å²) in [4.78, 5) is 13.1. The fraction of sp³-hybridized carbons (Fsp3) is 0.596. The van der Waals surface area contributed by atoms with Crippen molar-refractivity contribution in [2.75, 3.05) is 89.5 Å². The molecule has 2 aliphatic carbocycles. The number of likely N-dealkylation sites (N-methyl/N-ethyl adjacent to an activating group) is 2. The van der Waals surface area contributed by atoms with Crippen LogP contribution in [0.3, 0.4) is 0 Å². The lowest BCUT2D eigenvalue weighted by atomic mass is 9.52. The highest BCUT2D eigenvalue weighted by atomic mass is 16.6. The average Bonchev–Trinajstić information content (AvgIpc) is 3.66. The first-order valence-electron chi connectivity index (χ1n) is 23.4. The van der Waals surface area contributed by atoms with Crippen LogP contribution in [-0.2, 0) is 38.9 Å². The van der Waals surface area contributed by atoms with Crippen LogP contribution in [0.15, 0.2) is 54.6 Å². The first kappa shape index (κ1) is 45.1. The van der Waals surface area contributed by atoms with E-state index in [4.69, 9.17) is 37.9 Å². The molecular weight excluding hydrogens is 797 g/mol. The number of esters is 1. The number of hydrogen-bond acceptors (Lipinski definition) is 9. The van der Waals surface area contributed by atoms with Crippen molar-refractivity contribution in [3.63, 3.8) is 0 Å². The Kier molecular flexibility index (Phi) is 13.6. The molecule has 8 atom stereocenters. The second-order valence-electron chi connectivity index (χ2n) is 19.2. The summed E-state index contributed by atoms with van der Waals surface area (Å²) in [6, 6.07) is 15.6. The highest BCUT2D eigenvalue weighted by Crippen LogP contribution is 2.63. The predicted octanol–water partition coefficient (Wildman–Crippen LogP) is 8.36. The van der Waals surface area contributed by atoms with Crippen LogP contribution in [0.1, 0.15) is 91.6 Å². The summed E-state index contributed by atoms with van der Waals surface area (Å²) >= 11 is 0. The van der Waals surface area contributed by atoms with E-state index in [9.17, 15) is 4.79 Å². The van der Waals surface area contributed by atoms with Gasteiger partial charge in [0.1, 0.15) is 24.3 Å². The normalized spacial score (nSPS) is 28.3. The van der Waals surface area contributed by atoms with E-state index in [2.05, 4.69) is 62.6 Å². The molecule has 342 valence electrons. The molecule has 0 aromatic heterocycles. The second kappa shape index (κ2) is 18.9. The van der Waals surface area contributed by atoms with Gasteiger partial charge in [-0.2, -0.15) is 0 Å². The zero-order chi connectivity index (χ0) is 44.4. The summed E-state index contributed by atoms with van der Waals surface area (Å²) in [6.07, 6.45) is 16.7. The zero-order valence-corrected chi connectivity index (χ0v) is 39.2. The number of rotatable bonds is 21. The topological polar surface area (TPSA) is 90.9 Å².